The van der Waals surface area contributed by atoms with E-state index in [1.165, 1.54) is 7.11 Å². The summed E-state index contributed by atoms with van der Waals surface area (Å²) in [7, 11) is 1.37. The SMILES string of the molecule is COC(=O)CCSc1ccc(CC(=O)O)cc1. The maximum atomic E-state index is 10.9. The summed E-state index contributed by atoms with van der Waals surface area (Å²) in [6, 6.07) is 7.30. The van der Waals surface area contributed by atoms with E-state index < -0.39 is 5.97 Å². The zero-order valence-corrected chi connectivity index (χ0v) is 10.3. The van der Waals surface area contributed by atoms with E-state index in [4.69, 9.17) is 5.11 Å². The van der Waals surface area contributed by atoms with Gasteiger partial charge in [0.05, 0.1) is 20.0 Å². The van der Waals surface area contributed by atoms with Gasteiger partial charge in [0, 0.05) is 10.6 Å². The van der Waals surface area contributed by atoms with Gasteiger partial charge >= 0.3 is 11.9 Å². The molecule has 0 bridgehead atoms. The quantitative estimate of drug-likeness (QED) is 0.621. The first-order chi connectivity index (χ1) is 8.11. The van der Waals surface area contributed by atoms with Crippen molar-refractivity contribution in [1.82, 2.24) is 0 Å². The van der Waals surface area contributed by atoms with Crippen molar-refractivity contribution in [2.75, 3.05) is 12.9 Å². The van der Waals surface area contributed by atoms with E-state index in [0.717, 1.165) is 10.5 Å². The fourth-order valence-corrected chi connectivity index (χ4v) is 2.07. The minimum absolute atomic E-state index is 0.0348. The number of carbonyl (C=O) groups excluding carboxylic acids is 1. The maximum Gasteiger partial charge on any atom is 0.307 e. The molecule has 0 aliphatic carbocycles. The number of aliphatic carboxylic acids is 1. The van der Waals surface area contributed by atoms with Crippen LogP contribution in [0, 0.1) is 0 Å². The standard InChI is InChI=1S/C12H14O4S/c1-16-12(15)6-7-17-10-4-2-9(3-5-10)8-11(13)14/h2-5H,6-8H2,1H3,(H,13,14). The molecule has 1 aromatic rings. The number of carboxylic acids is 1. The molecule has 0 saturated heterocycles. The third kappa shape index (κ3) is 5.40. The Labute approximate surface area is 104 Å². The van der Waals surface area contributed by atoms with Crippen molar-refractivity contribution in [1.29, 1.82) is 0 Å². The zero-order chi connectivity index (χ0) is 12.7. The first-order valence-electron chi connectivity index (χ1n) is 5.12. The lowest BCUT2D eigenvalue weighted by Crippen LogP contribution is -2.01. The second-order valence-electron chi connectivity index (χ2n) is 3.39. The molecular formula is C12H14O4S. The largest absolute Gasteiger partial charge is 0.481 e. The van der Waals surface area contributed by atoms with Crippen LogP contribution in [0.4, 0.5) is 0 Å². The molecule has 0 aromatic heterocycles. The van der Waals surface area contributed by atoms with Crippen molar-refractivity contribution >= 4 is 23.7 Å². The van der Waals surface area contributed by atoms with Gasteiger partial charge in [0.2, 0.25) is 0 Å². The van der Waals surface area contributed by atoms with E-state index in [9.17, 15) is 9.59 Å². The predicted molar refractivity (Wildman–Crippen MR) is 65.1 cm³/mol. The lowest BCUT2D eigenvalue weighted by molar-refractivity contribution is -0.140. The Morgan fingerprint density at radius 3 is 2.47 bits per heavy atom. The Bertz CT molecular complexity index is 386. The number of esters is 1. The van der Waals surface area contributed by atoms with Crippen molar-refractivity contribution in [3.8, 4) is 0 Å². The minimum atomic E-state index is -0.837. The summed E-state index contributed by atoms with van der Waals surface area (Å²) in [5.74, 6) is -0.401. The number of rotatable bonds is 6. The molecule has 0 saturated carbocycles. The highest BCUT2D eigenvalue weighted by atomic mass is 32.2. The topological polar surface area (TPSA) is 63.6 Å². The molecule has 4 nitrogen and oxygen atoms in total. The van der Waals surface area contributed by atoms with Crippen molar-refractivity contribution in [3.63, 3.8) is 0 Å². The molecule has 1 rings (SSSR count). The van der Waals surface area contributed by atoms with Crippen LogP contribution in [0.2, 0.25) is 0 Å². The minimum Gasteiger partial charge on any atom is -0.481 e. The third-order valence-electron chi connectivity index (χ3n) is 2.08. The van der Waals surface area contributed by atoms with Gasteiger partial charge in [-0.15, -0.1) is 11.8 Å². The molecule has 0 aliphatic rings. The second-order valence-corrected chi connectivity index (χ2v) is 4.56. The molecule has 0 heterocycles. The molecule has 5 heteroatoms. The summed E-state index contributed by atoms with van der Waals surface area (Å²) in [4.78, 5) is 22.4. The number of hydrogen-bond acceptors (Lipinski definition) is 4. The molecule has 0 atom stereocenters. The lowest BCUT2D eigenvalue weighted by atomic mass is 10.2. The monoisotopic (exact) mass is 254 g/mol. The van der Waals surface area contributed by atoms with Gasteiger partial charge in [-0.25, -0.2) is 0 Å². The zero-order valence-electron chi connectivity index (χ0n) is 9.51. The summed E-state index contributed by atoms with van der Waals surface area (Å²) in [5.41, 5.74) is 0.773. The Balaban J connectivity index is 2.40. The Morgan fingerprint density at radius 2 is 1.94 bits per heavy atom. The summed E-state index contributed by atoms with van der Waals surface area (Å²) in [6.45, 7) is 0. The van der Waals surface area contributed by atoms with E-state index >= 15 is 0 Å². The molecular weight excluding hydrogens is 240 g/mol. The predicted octanol–water partition coefficient (Wildman–Crippen LogP) is 1.97. The van der Waals surface area contributed by atoms with Crippen LogP contribution in [-0.4, -0.2) is 29.9 Å². The average molecular weight is 254 g/mol. The van der Waals surface area contributed by atoms with Crippen molar-refractivity contribution in [2.45, 2.75) is 17.7 Å². The molecule has 0 spiro atoms. The summed E-state index contributed by atoms with van der Waals surface area (Å²) in [6.07, 6.45) is 0.408. The van der Waals surface area contributed by atoms with Crippen molar-refractivity contribution in [2.24, 2.45) is 0 Å². The van der Waals surface area contributed by atoms with Gasteiger partial charge in [0.15, 0.2) is 0 Å². The van der Waals surface area contributed by atoms with Crippen LogP contribution in [-0.2, 0) is 20.7 Å². The highest BCUT2D eigenvalue weighted by molar-refractivity contribution is 7.99. The number of benzene rings is 1. The number of methoxy groups -OCH3 is 1. The highest BCUT2D eigenvalue weighted by Crippen LogP contribution is 2.19. The van der Waals surface area contributed by atoms with Crippen molar-refractivity contribution < 1.29 is 19.4 Å². The number of carbonyl (C=O) groups is 2. The van der Waals surface area contributed by atoms with Crippen LogP contribution in [0.1, 0.15) is 12.0 Å². The highest BCUT2D eigenvalue weighted by Gasteiger charge is 2.02. The van der Waals surface area contributed by atoms with E-state index in [1.807, 2.05) is 12.1 Å². The Hall–Kier alpha value is -1.49. The smallest absolute Gasteiger partial charge is 0.307 e. The molecule has 0 unspecified atom stereocenters. The molecule has 17 heavy (non-hydrogen) atoms. The van der Waals surface area contributed by atoms with Crippen molar-refractivity contribution in [3.05, 3.63) is 29.8 Å². The molecule has 0 radical (unpaired) electrons. The van der Waals surface area contributed by atoms with Crippen LogP contribution < -0.4 is 0 Å². The summed E-state index contributed by atoms with van der Waals surface area (Å²) < 4.78 is 4.53. The van der Waals surface area contributed by atoms with Crippen LogP contribution in [0.5, 0.6) is 0 Å². The third-order valence-corrected chi connectivity index (χ3v) is 3.10. The van der Waals surface area contributed by atoms with Gasteiger partial charge in [-0.2, -0.15) is 0 Å². The van der Waals surface area contributed by atoms with Crippen LogP contribution >= 0.6 is 11.8 Å². The Kier molecular flexibility index (Phi) is 5.56. The van der Waals surface area contributed by atoms with Gasteiger partial charge < -0.3 is 9.84 Å². The van der Waals surface area contributed by atoms with E-state index in [1.54, 1.807) is 23.9 Å². The molecule has 1 aromatic carbocycles. The first kappa shape index (κ1) is 13.6. The van der Waals surface area contributed by atoms with Gasteiger partial charge in [0.25, 0.3) is 0 Å². The lowest BCUT2D eigenvalue weighted by Gasteiger charge is -2.02. The number of carboxylic acid groups (broad SMARTS) is 1. The number of ether oxygens (including phenoxy) is 1. The molecule has 0 aliphatic heterocycles. The van der Waals surface area contributed by atoms with Crippen LogP contribution in [0.15, 0.2) is 29.2 Å². The Morgan fingerprint density at radius 1 is 1.29 bits per heavy atom. The fraction of sp³-hybridized carbons (Fsp3) is 0.333. The van der Waals surface area contributed by atoms with Gasteiger partial charge in [-0.3, -0.25) is 9.59 Å². The normalized spacial score (nSPS) is 9.94. The van der Waals surface area contributed by atoms with Crippen LogP contribution in [0.25, 0.3) is 0 Å². The second kappa shape index (κ2) is 6.96. The average Bonchev–Trinajstić information content (AvgIpc) is 2.30. The van der Waals surface area contributed by atoms with E-state index in [2.05, 4.69) is 4.74 Å². The summed E-state index contributed by atoms with van der Waals surface area (Å²) >= 11 is 1.54. The fourth-order valence-electron chi connectivity index (χ4n) is 1.23. The maximum absolute atomic E-state index is 10.9. The first-order valence-corrected chi connectivity index (χ1v) is 6.10. The molecule has 1 N–H and O–H groups in total. The van der Waals surface area contributed by atoms with Crippen LogP contribution in [0.3, 0.4) is 0 Å². The summed E-state index contributed by atoms with van der Waals surface area (Å²) in [5, 5.41) is 8.61. The van der Waals surface area contributed by atoms with Gasteiger partial charge in [0.1, 0.15) is 0 Å². The van der Waals surface area contributed by atoms with Gasteiger partial charge in [-0.1, -0.05) is 12.1 Å². The molecule has 92 valence electrons. The number of hydrogen-bond donors (Lipinski definition) is 1. The van der Waals surface area contributed by atoms with Gasteiger partial charge in [-0.05, 0) is 17.7 Å². The van der Waals surface area contributed by atoms with E-state index in [0.29, 0.717) is 12.2 Å². The number of thioether (sulfide) groups is 1. The van der Waals surface area contributed by atoms with E-state index in [-0.39, 0.29) is 12.4 Å². The molecule has 0 fully saturated rings. The molecule has 0 amide bonds.